The average molecular weight is 434 g/mol. The monoisotopic (exact) mass is 433 g/mol. The number of unbranched alkanes of at least 4 members (excludes halogenated alkanes) is 1. The number of aldehydes is 1. The molecule has 0 heterocycles. The highest BCUT2D eigenvalue weighted by Gasteiger charge is 2.21. The predicted molar refractivity (Wildman–Crippen MR) is 121 cm³/mol. The Hall–Kier alpha value is -2.42. The van der Waals surface area contributed by atoms with Crippen LogP contribution < -0.4 is 15.4 Å². The van der Waals surface area contributed by atoms with E-state index in [0.29, 0.717) is 24.9 Å². The Morgan fingerprint density at radius 3 is 2.47 bits per heavy atom. The number of rotatable bonds is 12. The van der Waals surface area contributed by atoms with Crippen LogP contribution in [0.4, 0.5) is 11.4 Å². The Morgan fingerprint density at radius 2 is 1.83 bits per heavy atom. The van der Waals surface area contributed by atoms with Crippen LogP contribution in [0.15, 0.2) is 35.2 Å². The summed E-state index contributed by atoms with van der Waals surface area (Å²) in [5.74, 6) is 0. The number of hydrogen-bond donors (Lipinski definition) is 4. The lowest BCUT2D eigenvalue weighted by molar-refractivity contribution is -0.107. The first-order chi connectivity index (χ1) is 14.3. The number of aryl methyl sites for hydroxylation is 3. The molecule has 4 N–H and O–H groups in total. The number of benzene rings is 2. The second kappa shape index (κ2) is 11.1. The molecule has 2 aromatic carbocycles. The first-order valence-electron chi connectivity index (χ1n) is 10.0. The van der Waals surface area contributed by atoms with E-state index in [1.54, 1.807) is 19.2 Å². The number of aliphatic hydroxyl groups excluding tert-OH is 1. The Kier molecular flexibility index (Phi) is 8.83. The van der Waals surface area contributed by atoms with E-state index in [4.69, 9.17) is 5.11 Å². The third kappa shape index (κ3) is 6.29. The number of carbonyl (C=O) groups is 1. The van der Waals surface area contributed by atoms with Crippen molar-refractivity contribution in [3.63, 3.8) is 0 Å². The lowest BCUT2D eigenvalue weighted by atomic mass is 10.1. The summed E-state index contributed by atoms with van der Waals surface area (Å²) in [5.41, 5.74) is 5.16. The highest BCUT2D eigenvalue weighted by molar-refractivity contribution is 7.89. The number of nitrogens with one attached hydrogen (secondary N) is 3. The van der Waals surface area contributed by atoms with Gasteiger partial charge in [-0.3, -0.25) is 0 Å². The van der Waals surface area contributed by atoms with Crippen LogP contribution in [-0.4, -0.2) is 40.0 Å². The quantitative estimate of drug-likeness (QED) is 0.303. The molecule has 0 aromatic heterocycles. The first-order valence-corrected chi connectivity index (χ1v) is 11.5. The second-order valence-electron chi connectivity index (χ2n) is 7.21. The molecule has 0 fully saturated rings. The summed E-state index contributed by atoms with van der Waals surface area (Å²) < 4.78 is 28.9. The second-order valence-corrected chi connectivity index (χ2v) is 8.94. The first kappa shape index (κ1) is 23.9. The van der Waals surface area contributed by atoms with Crippen molar-refractivity contribution >= 4 is 27.7 Å². The van der Waals surface area contributed by atoms with Crippen LogP contribution in [0.3, 0.4) is 0 Å². The highest BCUT2D eigenvalue weighted by Crippen LogP contribution is 2.30. The van der Waals surface area contributed by atoms with Crippen molar-refractivity contribution in [3.8, 4) is 0 Å². The van der Waals surface area contributed by atoms with Gasteiger partial charge in [0, 0.05) is 32.2 Å². The van der Waals surface area contributed by atoms with Gasteiger partial charge in [0.2, 0.25) is 10.0 Å². The van der Waals surface area contributed by atoms with Gasteiger partial charge in [0.1, 0.15) is 11.2 Å². The summed E-state index contributed by atoms with van der Waals surface area (Å²) in [4.78, 5) is 10.8. The lowest BCUT2D eigenvalue weighted by Crippen LogP contribution is -2.25. The van der Waals surface area contributed by atoms with Gasteiger partial charge in [0.05, 0.1) is 12.3 Å². The molecule has 164 valence electrons. The molecule has 0 bridgehead atoms. The van der Waals surface area contributed by atoms with Crippen LogP contribution in [0, 0.1) is 13.8 Å². The molecule has 0 spiro atoms. The topological polar surface area (TPSA) is 108 Å². The fraction of sp³-hybridized carbons (Fsp3) is 0.409. The molecule has 7 nitrogen and oxygen atoms in total. The number of aliphatic hydroxyl groups is 1. The van der Waals surface area contributed by atoms with E-state index in [2.05, 4.69) is 15.4 Å². The van der Waals surface area contributed by atoms with Crippen LogP contribution in [0.5, 0.6) is 0 Å². The van der Waals surface area contributed by atoms with Crippen molar-refractivity contribution in [3.05, 3.63) is 52.6 Å². The molecule has 0 saturated heterocycles. The summed E-state index contributed by atoms with van der Waals surface area (Å²) in [5, 5.41) is 15.2. The normalized spacial score (nSPS) is 11.3. The molecule has 0 radical (unpaired) electrons. The summed E-state index contributed by atoms with van der Waals surface area (Å²) in [6.07, 6.45) is 2.49. The summed E-state index contributed by atoms with van der Waals surface area (Å²) in [7, 11) is -2.05. The lowest BCUT2D eigenvalue weighted by Gasteiger charge is -2.18. The zero-order valence-electron chi connectivity index (χ0n) is 17.8. The maximum Gasteiger partial charge on any atom is 0.242 e. The number of carbonyl (C=O) groups excluding carboxylic acids is 1. The van der Waals surface area contributed by atoms with E-state index in [1.165, 1.54) is 0 Å². The molecule has 0 aliphatic rings. The molecular weight excluding hydrogens is 402 g/mol. The number of hydrogen-bond acceptors (Lipinski definition) is 6. The molecule has 0 aliphatic heterocycles. The third-order valence-electron chi connectivity index (χ3n) is 5.00. The van der Waals surface area contributed by atoms with Gasteiger partial charge in [-0.25, -0.2) is 13.1 Å². The number of sulfonamides is 1. The fourth-order valence-electron chi connectivity index (χ4n) is 3.16. The van der Waals surface area contributed by atoms with Crippen molar-refractivity contribution in [2.45, 2.75) is 44.6 Å². The molecule has 0 aliphatic carbocycles. The van der Waals surface area contributed by atoms with Crippen molar-refractivity contribution in [1.29, 1.82) is 0 Å². The zero-order valence-corrected chi connectivity index (χ0v) is 18.6. The minimum Gasteiger partial charge on any atom is -0.395 e. The SMILES string of the molecule is CNc1cc(NCCO)c(S(=O)(=O)NCc2ccc(C)c(C)c2)cc1CCCC=O. The standard InChI is InChI=1S/C22H31N3O4S/c1-16-7-8-18(12-17(16)2)15-25-30(28,29)22-13-19(6-4-5-10-26)20(23-3)14-21(22)24-9-11-27/h7-8,10,12-14,23-25,27H,4-6,9,11,15H2,1-3H3. The van der Waals surface area contributed by atoms with Crippen LogP contribution in [0.25, 0.3) is 0 Å². The van der Waals surface area contributed by atoms with Gasteiger partial charge in [-0.05, 0) is 61.1 Å². The van der Waals surface area contributed by atoms with Gasteiger partial charge in [-0.15, -0.1) is 0 Å². The summed E-state index contributed by atoms with van der Waals surface area (Å²) in [6.45, 7) is 4.29. The smallest absolute Gasteiger partial charge is 0.242 e. The molecular formula is C22H31N3O4S. The molecule has 0 unspecified atom stereocenters. The fourth-order valence-corrected chi connectivity index (χ4v) is 4.39. The van der Waals surface area contributed by atoms with Gasteiger partial charge in [-0.1, -0.05) is 18.2 Å². The van der Waals surface area contributed by atoms with Crippen LogP contribution in [0.2, 0.25) is 0 Å². The molecule has 30 heavy (non-hydrogen) atoms. The van der Waals surface area contributed by atoms with Crippen molar-refractivity contribution in [2.75, 3.05) is 30.8 Å². The van der Waals surface area contributed by atoms with E-state index < -0.39 is 10.0 Å². The van der Waals surface area contributed by atoms with Crippen molar-refractivity contribution in [2.24, 2.45) is 0 Å². The van der Waals surface area contributed by atoms with Crippen molar-refractivity contribution < 1.29 is 18.3 Å². The minimum absolute atomic E-state index is 0.120. The summed E-state index contributed by atoms with van der Waals surface area (Å²) in [6, 6.07) is 9.22. The van der Waals surface area contributed by atoms with Crippen molar-refractivity contribution in [1.82, 2.24) is 4.72 Å². The Morgan fingerprint density at radius 1 is 1.07 bits per heavy atom. The van der Waals surface area contributed by atoms with Gasteiger partial charge in [0.25, 0.3) is 0 Å². The molecule has 0 amide bonds. The van der Waals surface area contributed by atoms with E-state index >= 15 is 0 Å². The van der Waals surface area contributed by atoms with Gasteiger partial charge >= 0.3 is 0 Å². The predicted octanol–water partition coefficient (Wildman–Crippen LogP) is 2.75. The highest BCUT2D eigenvalue weighted by atomic mass is 32.2. The molecule has 8 heteroatoms. The van der Waals surface area contributed by atoms with Gasteiger partial charge in [0.15, 0.2) is 0 Å². The zero-order chi connectivity index (χ0) is 22.1. The minimum atomic E-state index is -3.81. The largest absolute Gasteiger partial charge is 0.395 e. The maximum atomic E-state index is 13.1. The molecule has 0 saturated carbocycles. The van der Waals surface area contributed by atoms with Crippen LogP contribution in [-0.2, 0) is 27.8 Å². The maximum absolute atomic E-state index is 13.1. The Balaban J connectivity index is 2.36. The molecule has 0 atom stereocenters. The van der Waals surface area contributed by atoms with E-state index in [9.17, 15) is 13.2 Å². The Labute approximate surface area is 179 Å². The van der Waals surface area contributed by atoms with E-state index in [0.717, 1.165) is 34.2 Å². The molecule has 2 rings (SSSR count). The summed E-state index contributed by atoms with van der Waals surface area (Å²) >= 11 is 0. The van der Waals surface area contributed by atoms with E-state index in [-0.39, 0.29) is 24.6 Å². The average Bonchev–Trinajstić information content (AvgIpc) is 2.73. The third-order valence-corrected chi connectivity index (χ3v) is 6.44. The number of anilines is 2. The van der Waals surface area contributed by atoms with Gasteiger partial charge < -0.3 is 20.5 Å². The van der Waals surface area contributed by atoms with Crippen LogP contribution in [0.1, 0.15) is 35.1 Å². The van der Waals surface area contributed by atoms with Gasteiger partial charge in [-0.2, -0.15) is 0 Å². The molecule has 2 aromatic rings. The van der Waals surface area contributed by atoms with Crippen LogP contribution >= 0.6 is 0 Å². The Bertz CT molecular complexity index is 975. The van der Waals surface area contributed by atoms with E-state index in [1.807, 2.05) is 32.0 Å².